The number of guanidine groups is 1. The molecule has 0 unspecified atom stereocenters. The van der Waals surface area contributed by atoms with Crippen LogP contribution in [0, 0.1) is 0 Å². The first-order chi connectivity index (χ1) is 13.7. The summed E-state index contributed by atoms with van der Waals surface area (Å²) in [5.41, 5.74) is 2.49. The van der Waals surface area contributed by atoms with Gasteiger partial charge in [-0.25, -0.2) is 9.79 Å². The Balaban J connectivity index is 0.00000300. The van der Waals surface area contributed by atoms with Crippen LogP contribution in [0.1, 0.15) is 30.9 Å². The monoisotopic (exact) mass is 514 g/mol. The van der Waals surface area contributed by atoms with Crippen LogP contribution in [-0.2, 0) is 17.9 Å². The van der Waals surface area contributed by atoms with Crippen LogP contribution in [0.4, 0.5) is 4.79 Å². The van der Waals surface area contributed by atoms with Crippen molar-refractivity contribution in [2.45, 2.75) is 32.9 Å². The summed E-state index contributed by atoms with van der Waals surface area (Å²) in [5.74, 6) is 0.485. The molecule has 1 aromatic rings. The van der Waals surface area contributed by atoms with Crippen LogP contribution >= 0.6 is 24.0 Å². The van der Waals surface area contributed by atoms with Crippen molar-refractivity contribution in [3.63, 3.8) is 0 Å². The quantitative estimate of drug-likeness (QED) is 0.212. The number of imide groups is 1. The predicted molar refractivity (Wildman–Crippen MR) is 124 cm³/mol. The molecule has 0 aromatic heterocycles. The maximum atomic E-state index is 11.6. The highest BCUT2D eigenvalue weighted by molar-refractivity contribution is 14.0. The number of hydrogen-bond donors (Lipinski definition) is 3. The second-order valence-electron chi connectivity index (χ2n) is 7.13. The molecule has 8 nitrogen and oxygen atoms in total. The molecule has 2 fully saturated rings. The number of urea groups is 1. The maximum Gasteiger partial charge on any atom is 0.324 e. The lowest BCUT2D eigenvalue weighted by atomic mass is 10.1. The van der Waals surface area contributed by atoms with Gasteiger partial charge in [-0.3, -0.25) is 14.6 Å². The summed E-state index contributed by atoms with van der Waals surface area (Å²) < 4.78 is 0. The molecule has 0 atom stereocenters. The third kappa shape index (κ3) is 7.14. The molecule has 0 radical (unpaired) electrons. The number of nitrogens with one attached hydrogen (secondary N) is 3. The molecule has 3 rings (SSSR count). The van der Waals surface area contributed by atoms with Gasteiger partial charge >= 0.3 is 6.03 Å². The first-order valence-electron chi connectivity index (χ1n) is 10.1. The number of halogens is 1. The standard InChI is InChI=1S/C20H30N6O2.HI/c1-2-21-19(22-9-12-26-18(27)14-24-20(26)28)23-13-16-5-7-17(8-6-16)15-25-10-3-4-11-25;/h5-8H,2-4,9-15H2,1H3,(H,24,28)(H2,21,22,23);1H. The molecule has 0 aliphatic carbocycles. The van der Waals surface area contributed by atoms with Crippen LogP contribution in [0.15, 0.2) is 29.3 Å². The lowest BCUT2D eigenvalue weighted by molar-refractivity contribution is -0.124. The van der Waals surface area contributed by atoms with E-state index in [9.17, 15) is 9.59 Å². The molecular weight excluding hydrogens is 483 g/mol. The highest BCUT2D eigenvalue weighted by Crippen LogP contribution is 2.13. The van der Waals surface area contributed by atoms with E-state index in [0.717, 1.165) is 18.7 Å². The van der Waals surface area contributed by atoms with Gasteiger partial charge < -0.3 is 16.0 Å². The Hall–Kier alpha value is -1.88. The molecular formula is C20H31IN6O2. The van der Waals surface area contributed by atoms with Crippen molar-refractivity contribution < 1.29 is 9.59 Å². The maximum absolute atomic E-state index is 11.6. The van der Waals surface area contributed by atoms with Gasteiger partial charge in [0.1, 0.15) is 0 Å². The van der Waals surface area contributed by atoms with Crippen LogP contribution in [-0.4, -0.2) is 67.0 Å². The highest BCUT2D eigenvalue weighted by atomic mass is 127. The number of nitrogens with zero attached hydrogens (tertiary/aromatic N) is 3. The Morgan fingerprint density at radius 2 is 1.79 bits per heavy atom. The van der Waals surface area contributed by atoms with Crippen molar-refractivity contribution in [2.75, 3.05) is 39.3 Å². The molecule has 3 amide bonds. The Morgan fingerprint density at radius 1 is 1.10 bits per heavy atom. The molecule has 1 aromatic carbocycles. The molecule has 0 spiro atoms. The van der Waals surface area contributed by atoms with Gasteiger partial charge in [-0.05, 0) is 44.0 Å². The zero-order valence-corrected chi connectivity index (χ0v) is 19.3. The Kier molecular flexibility index (Phi) is 9.65. The first kappa shape index (κ1) is 23.4. The lowest BCUT2D eigenvalue weighted by Gasteiger charge is -2.15. The summed E-state index contributed by atoms with van der Waals surface area (Å²) in [7, 11) is 0. The summed E-state index contributed by atoms with van der Waals surface area (Å²) in [6.07, 6.45) is 2.62. The molecule has 9 heteroatoms. The van der Waals surface area contributed by atoms with Crippen LogP contribution in [0.3, 0.4) is 0 Å². The van der Waals surface area contributed by atoms with E-state index >= 15 is 0 Å². The normalized spacial score (nSPS) is 17.3. The van der Waals surface area contributed by atoms with Crippen molar-refractivity contribution >= 4 is 41.9 Å². The minimum Gasteiger partial charge on any atom is -0.357 e. The summed E-state index contributed by atoms with van der Waals surface area (Å²) in [5, 5.41) is 8.88. The minimum atomic E-state index is -0.331. The number of likely N-dealkylation sites (tertiary alicyclic amines) is 1. The number of hydrogen-bond acceptors (Lipinski definition) is 4. The van der Waals surface area contributed by atoms with Gasteiger partial charge in [-0.1, -0.05) is 24.3 Å². The van der Waals surface area contributed by atoms with E-state index in [4.69, 9.17) is 0 Å². The lowest BCUT2D eigenvalue weighted by Crippen LogP contribution is -2.43. The molecule has 3 N–H and O–H groups in total. The molecule has 160 valence electrons. The number of carbonyl (C=O) groups is 2. The zero-order valence-electron chi connectivity index (χ0n) is 16.9. The number of carbonyl (C=O) groups excluding carboxylic acids is 2. The molecule has 0 saturated carbocycles. The summed E-state index contributed by atoms with van der Waals surface area (Å²) in [6, 6.07) is 8.29. The van der Waals surface area contributed by atoms with Gasteiger partial charge in [0.2, 0.25) is 5.91 Å². The van der Waals surface area contributed by atoms with Gasteiger partial charge in [0.05, 0.1) is 13.1 Å². The van der Waals surface area contributed by atoms with Crippen LogP contribution < -0.4 is 16.0 Å². The van der Waals surface area contributed by atoms with E-state index < -0.39 is 0 Å². The third-order valence-electron chi connectivity index (χ3n) is 4.96. The van der Waals surface area contributed by atoms with Crippen LogP contribution in [0.2, 0.25) is 0 Å². The van der Waals surface area contributed by atoms with E-state index in [1.807, 2.05) is 6.92 Å². The van der Waals surface area contributed by atoms with Crippen LogP contribution in [0.25, 0.3) is 0 Å². The van der Waals surface area contributed by atoms with Crippen molar-refractivity contribution in [1.82, 2.24) is 25.8 Å². The molecule has 2 saturated heterocycles. The first-order valence-corrected chi connectivity index (χ1v) is 10.1. The number of aliphatic imine (C=N–C) groups is 1. The summed E-state index contributed by atoms with van der Waals surface area (Å²) in [4.78, 5) is 31.5. The van der Waals surface area contributed by atoms with Gasteiger partial charge in [0.15, 0.2) is 5.96 Å². The molecule has 2 heterocycles. The Morgan fingerprint density at radius 3 is 2.41 bits per heavy atom. The second-order valence-corrected chi connectivity index (χ2v) is 7.13. The van der Waals surface area contributed by atoms with Crippen LogP contribution in [0.5, 0.6) is 0 Å². The van der Waals surface area contributed by atoms with E-state index in [0.29, 0.717) is 25.6 Å². The minimum absolute atomic E-state index is 0. The van der Waals surface area contributed by atoms with E-state index in [-0.39, 0.29) is 42.5 Å². The smallest absolute Gasteiger partial charge is 0.324 e. The number of benzene rings is 1. The van der Waals surface area contributed by atoms with E-state index in [2.05, 4.69) is 50.1 Å². The SMILES string of the molecule is CCNC(=NCc1ccc(CN2CCCC2)cc1)NCCN1C(=O)CNC1=O.I. The van der Waals surface area contributed by atoms with Crippen molar-refractivity contribution in [1.29, 1.82) is 0 Å². The van der Waals surface area contributed by atoms with Crippen molar-refractivity contribution in [2.24, 2.45) is 4.99 Å². The third-order valence-corrected chi connectivity index (χ3v) is 4.96. The topological polar surface area (TPSA) is 89.1 Å². The van der Waals surface area contributed by atoms with Gasteiger partial charge in [-0.15, -0.1) is 24.0 Å². The fourth-order valence-corrected chi connectivity index (χ4v) is 3.43. The molecule has 0 bridgehead atoms. The summed E-state index contributed by atoms with van der Waals surface area (Å²) >= 11 is 0. The van der Waals surface area contributed by atoms with E-state index in [1.54, 1.807) is 0 Å². The fourth-order valence-electron chi connectivity index (χ4n) is 3.43. The number of rotatable bonds is 8. The van der Waals surface area contributed by atoms with E-state index in [1.165, 1.54) is 36.4 Å². The Labute approximate surface area is 189 Å². The average molecular weight is 514 g/mol. The summed E-state index contributed by atoms with van der Waals surface area (Å²) in [6.45, 7) is 7.61. The van der Waals surface area contributed by atoms with Crippen molar-refractivity contribution in [3.8, 4) is 0 Å². The molecule has 2 aliphatic rings. The molecule has 29 heavy (non-hydrogen) atoms. The zero-order chi connectivity index (χ0) is 19.8. The largest absolute Gasteiger partial charge is 0.357 e. The molecule has 2 aliphatic heterocycles. The second kappa shape index (κ2) is 12.0. The van der Waals surface area contributed by atoms with Gasteiger partial charge in [0, 0.05) is 26.2 Å². The predicted octanol–water partition coefficient (Wildman–Crippen LogP) is 1.51. The number of amides is 3. The van der Waals surface area contributed by atoms with Crippen molar-refractivity contribution in [3.05, 3.63) is 35.4 Å². The fraction of sp³-hybridized carbons (Fsp3) is 0.550. The average Bonchev–Trinajstić information content (AvgIpc) is 3.32. The highest BCUT2D eigenvalue weighted by Gasteiger charge is 2.27. The Bertz CT molecular complexity index is 687. The van der Waals surface area contributed by atoms with Gasteiger partial charge in [0.25, 0.3) is 0 Å². The van der Waals surface area contributed by atoms with Gasteiger partial charge in [-0.2, -0.15) is 0 Å².